The molecule has 0 N–H and O–H groups in total. The van der Waals surface area contributed by atoms with Crippen LogP contribution in [0.15, 0.2) is 0 Å². The first-order chi connectivity index (χ1) is 7.27. The van der Waals surface area contributed by atoms with E-state index in [2.05, 4.69) is 22.9 Å². The summed E-state index contributed by atoms with van der Waals surface area (Å²) >= 11 is 3.45. The molecule has 0 saturated carbocycles. The molecule has 0 aliphatic carbocycles. The van der Waals surface area contributed by atoms with Gasteiger partial charge < -0.3 is 4.90 Å². The molecule has 88 valence electrons. The number of halogens is 1. The quantitative estimate of drug-likeness (QED) is 0.516. The highest BCUT2D eigenvalue weighted by molar-refractivity contribution is 9.09. The molecule has 1 fully saturated rings. The second kappa shape index (κ2) is 7.26. The van der Waals surface area contributed by atoms with Gasteiger partial charge in [-0.3, -0.25) is 4.79 Å². The summed E-state index contributed by atoms with van der Waals surface area (Å²) < 4.78 is 0. The number of unbranched alkanes of at least 4 members (excludes halogenated alkanes) is 4. The second-order valence-corrected chi connectivity index (χ2v) is 5.13. The van der Waals surface area contributed by atoms with Crippen LogP contribution in [0.4, 0.5) is 0 Å². The van der Waals surface area contributed by atoms with Gasteiger partial charge in [0.1, 0.15) is 0 Å². The van der Waals surface area contributed by atoms with Crippen LogP contribution in [-0.2, 0) is 4.79 Å². The van der Waals surface area contributed by atoms with E-state index >= 15 is 0 Å². The zero-order valence-electron chi connectivity index (χ0n) is 9.67. The molecule has 0 bridgehead atoms. The van der Waals surface area contributed by atoms with Crippen LogP contribution >= 0.6 is 15.9 Å². The lowest BCUT2D eigenvalue weighted by Gasteiger charge is -2.15. The molecule has 1 heterocycles. The van der Waals surface area contributed by atoms with E-state index in [0.717, 1.165) is 24.8 Å². The summed E-state index contributed by atoms with van der Waals surface area (Å²) in [6, 6.07) is 0. The van der Waals surface area contributed by atoms with Crippen molar-refractivity contribution in [3.05, 3.63) is 0 Å². The van der Waals surface area contributed by atoms with Crippen LogP contribution in [0.1, 0.15) is 45.4 Å². The third-order valence-corrected chi connectivity index (χ3v) is 3.96. The number of alkyl halides is 1. The molecule has 1 amide bonds. The molecule has 0 spiro atoms. The average Bonchev–Trinajstić information content (AvgIpc) is 2.59. The number of nitrogens with zero attached hydrogens (tertiary/aromatic N) is 1. The van der Waals surface area contributed by atoms with Crippen molar-refractivity contribution in [2.45, 2.75) is 45.4 Å². The summed E-state index contributed by atoms with van der Waals surface area (Å²) in [6.45, 7) is 4.18. The van der Waals surface area contributed by atoms with E-state index in [1.807, 2.05) is 4.90 Å². The molecule has 1 rings (SSSR count). The minimum absolute atomic E-state index is 0.356. The Balaban J connectivity index is 2.08. The largest absolute Gasteiger partial charge is 0.342 e. The highest BCUT2D eigenvalue weighted by atomic mass is 79.9. The van der Waals surface area contributed by atoms with Crippen molar-refractivity contribution in [1.29, 1.82) is 0 Å². The standard InChI is InChI=1S/C12H22BrNO/c1-2-3-4-5-6-7-14-10-11(9-13)8-12(14)15/h11H,2-10H2,1H3. The Morgan fingerprint density at radius 3 is 2.67 bits per heavy atom. The van der Waals surface area contributed by atoms with E-state index in [9.17, 15) is 4.79 Å². The molecular weight excluding hydrogens is 254 g/mol. The van der Waals surface area contributed by atoms with Gasteiger partial charge in [-0.2, -0.15) is 0 Å². The third-order valence-electron chi connectivity index (χ3n) is 3.04. The SMILES string of the molecule is CCCCCCCN1CC(CBr)CC1=O. The molecule has 0 radical (unpaired) electrons. The molecular formula is C12H22BrNO. The molecule has 1 atom stereocenters. The van der Waals surface area contributed by atoms with Crippen molar-refractivity contribution in [2.24, 2.45) is 5.92 Å². The highest BCUT2D eigenvalue weighted by Gasteiger charge is 2.27. The summed E-state index contributed by atoms with van der Waals surface area (Å²) in [5.74, 6) is 0.906. The number of rotatable bonds is 7. The summed E-state index contributed by atoms with van der Waals surface area (Å²) in [4.78, 5) is 13.6. The van der Waals surface area contributed by atoms with Gasteiger partial charge in [0.25, 0.3) is 0 Å². The van der Waals surface area contributed by atoms with Gasteiger partial charge in [0.05, 0.1) is 0 Å². The van der Waals surface area contributed by atoms with Crippen LogP contribution in [0.25, 0.3) is 0 Å². The Labute approximate surface area is 102 Å². The Morgan fingerprint density at radius 1 is 1.33 bits per heavy atom. The van der Waals surface area contributed by atoms with E-state index < -0.39 is 0 Å². The summed E-state index contributed by atoms with van der Waals surface area (Å²) in [5.41, 5.74) is 0. The van der Waals surface area contributed by atoms with Crippen LogP contribution in [0, 0.1) is 5.92 Å². The fourth-order valence-corrected chi connectivity index (χ4v) is 2.51. The molecule has 0 aromatic heterocycles. The van der Waals surface area contributed by atoms with Gasteiger partial charge >= 0.3 is 0 Å². The third kappa shape index (κ3) is 4.54. The predicted molar refractivity (Wildman–Crippen MR) is 67.2 cm³/mol. The Bertz CT molecular complexity index is 196. The van der Waals surface area contributed by atoms with Crippen molar-refractivity contribution in [3.8, 4) is 0 Å². The van der Waals surface area contributed by atoms with Crippen LogP contribution < -0.4 is 0 Å². The first-order valence-electron chi connectivity index (χ1n) is 6.11. The molecule has 2 nitrogen and oxygen atoms in total. The van der Waals surface area contributed by atoms with E-state index in [-0.39, 0.29) is 0 Å². The average molecular weight is 276 g/mol. The van der Waals surface area contributed by atoms with Crippen molar-refractivity contribution in [3.63, 3.8) is 0 Å². The first-order valence-corrected chi connectivity index (χ1v) is 7.23. The van der Waals surface area contributed by atoms with E-state index in [1.165, 1.54) is 32.1 Å². The number of carbonyl (C=O) groups excluding carboxylic acids is 1. The van der Waals surface area contributed by atoms with Crippen molar-refractivity contribution in [1.82, 2.24) is 4.90 Å². The van der Waals surface area contributed by atoms with Gasteiger partial charge in [0.15, 0.2) is 0 Å². The smallest absolute Gasteiger partial charge is 0.222 e. The number of hydrogen-bond donors (Lipinski definition) is 0. The van der Waals surface area contributed by atoms with E-state index in [1.54, 1.807) is 0 Å². The molecule has 15 heavy (non-hydrogen) atoms. The summed E-state index contributed by atoms with van der Waals surface area (Å²) in [5, 5.41) is 0.963. The van der Waals surface area contributed by atoms with Crippen LogP contribution in [0.5, 0.6) is 0 Å². The highest BCUT2D eigenvalue weighted by Crippen LogP contribution is 2.20. The zero-order chi connectivity index (χ0) is 11.1. The van der Waals surface area contributed by atoms with Crippen molar-refractivity contribution < 1.29 is 4.79 Å². The lowest BCUT2D eigenvalue weighted by atomic mass is 10.1. The number of likely N-dealkylation sites (tertiary alicyclic amines) is 1. The monoisotopic (exact) mass is 275 g/mol. The van der Waals surface area contributed by atoms with Gasteiger partial charge in [-0.15, -0.1) is 0 Å². The normalized spacial score (nSPS) is 21.3. The van der Waals surface area contributed by atoms with Crippen LogP contribution in [0.2, 0.25) is 0 Å². The fourth-order valence-electron chi connectivity index (χ4n) is 2.08. The van der Waals surface area contributed by atoms with Gasteiger partial charge in [0, 0.05) is 24.8 Å². The summed E-state index contributed by atoms with van der Waals surface area (Å²) in [6.07, 6.45) is 7.14. The zero-order valence-corrected chi connectivity index (χ0v) is 11.3. The molecule has 3 heteroatoms. The first kappa shape index (κ1) is 13.0. The molecule has 0 aromatic carbocycles. The second-order valence-electron chi connectivity index (χ2n) is 4.48. The fraction of sp³-hybridized carbons (Fsp3) is 0.917. The number of hydrogen-bond acceptors (Lipinski definition) is 1. The maximum absolute atomic E-state index is 11.6. The molecule has 1 unspecified atom stereocenters. The maximum atomic E-state index is 11.6. The number of carbonyl (C=O) groups is 1. The molecule has 1 saturated heterocycles. The van der Waals surface area contributed by atoms with Crippen molar-refractivity contribution >= 4 is 21.8 Å². The van der Waals surface area contributed by atoms with Crippen molar-refractivity contribution in [2.75, 3.05) is 18.4 Å². The Hall–Kier alpha value is -0.0500. The van der Waals surface area contributed by atoms with Gasteiger partial charge in [-0.05, 0) is 12.3 Å². The lowest BCUT2D eigenvalue weighted by molar-refractivity contribution is -0.127. The predicted octanol–water partition coefficient (Wildman–Crippen LogP) is 3.20. The summed E-state index contributed by atoms with van der Waals surface area (Å²) in [7, 11) is 0. The molecule has 1 aliphatic heterocycles. The Kier molecular flexibility index (Phi) is 6.30. The molecule has 1 aliphatic rings. The maximum Gasteiger partial charge on any atom is 0.222 e. The molecule has 0 aromatic rings. The van der Waals surface area contributed by atoms with E-state index in [0.29, 0.717) is 11.8 Å². The van der Waals surface area contributed by atoms with Gasteiger partial charge in [-0.1, -0.05) is 48.5 Å². The van der Waals surface area contributed by atoms with Crippen LogP contribution in [0.3, 0.4) is 0 Å². The number of amides is 1. The lowest BCUT2D eigenvalue weighted by Crippen LogP contribution is -2.26. The van der Waals surface area contributed by atoms with Gasteiger partial charge in [-0.25, -0.2) is 0 Å². The minimum Gasteiger partial charge on any atom is -0.342 e. The van der Waals surface area contributed by atoms with E-state index in [4.69, 9.17) is 0 Å². The topological polar surface area (TPSA) is 20.3 Å². The Morgan fingerprint density at radius 2 is 2.07 bits per heavy atom. The minimum atomic E-state index is 0.356. The van der Waals surface area contributed by atoms with Gasteiger partial charge in [0.2, 0.25) is 5.91 Å². The van der Waals surface area contributed by atoms with Crippen LogP contribution in [-0.4, -0.2) is 29.2 Å².